The SMILES string of the molecule is CCN1CCN(C(=O)[C@@H]2CCCN(S(=O)(=O)c3cc(-c4noc(C)n4)ccc3Cl)C2)CC1. The molecule has 0 spiro atoms. The lowest BCUT2D eigenvalue weighted by Crippen LogP contribution is -2.52. The molecule has 2 saturated heterocycles. The smallest absolute Gasteiger partial charge is 0.244 e. The van der Waals surface area contributed by atoms with Gasteiger partial charge in [0.2, 0.25) is 27.6 Å². The second-order valence-electron chi connectivity index (χ2n) is 8.24. The minimum atomic E-state index is -3.89. The minimum absolute atomic E-state index is 0.0104. The molecule has 0 unspecified atom stereocenters. The van der Waals surface area contributed by atoms with Crippen LogP contribution in [-0.4, -0.2) is 84.4 Å². The number of piperidine rings is 1. The van der Waals surface area contributed by atoms with Gasteiger partial charge in [0.25, 0.3) is 0 Å². The first-order valence-corrected chi connectivity index (χ1v) is 12.7. The summed E-state index contributed by atoms with van der Waals surface area (Å²) in [5.41, 5.74) is 0.503. The van der Waals surface area contributed by atoms with Crippen LogP contribution < -0.4 is 0 Å². The fraction of sp³-hybridized carbons (Fsp3) is 0.571. The third kappa shape index (κ3) is 4.68. The first-order valence-electron chi connectivity index (χ1n) is 10.9. The Labute approximate surface area is 193 Å². The van der Waals surface area contributed by atoms with Crippen molar-refractivity contribution in [2.24, 2.45) is 5.92 Å². The maximum atomic E-state index is 13.5. The predicted octanol–water partition coefficient (Wildman–Crippen LogP) is 2.26. The molecule has 1 aromatic carbocycles. The molecule has 1 aromatic heterocycles. The van der Waals surface area contributed by atoms with Crippen LogP contribution in [0.3, 0.4) is 0 Å². The number of nitrogens with zero attached hydrogens (tertiary/aromatic N) is 5. The van der Waals surface area contributed by atoms with Gasteiger partial charge >= 0.3 is 0 Å². The van der Waals surface area contributed by atoms with Crippen molar-refractivity contribution in [2.75, 3.05) is 45.8 Å². The number of rotatable bonds is 5. The number of benzene rings is 1. The molecule has 0 N–H and O–H groups in total. The summed E-state index contributed by atoms with van der Waals surface area (Å²) in [5, 5.41) is 3.98. The highest BCUT2D eigenvalue weighted by Gasteiger charge is 2.36. The number of carbonyl (C=O) groups excluding carboxylic acids is 1. The molecule has 1 atom stereocenters. The number of likely N-dealkylation sites (N-methyl/N-ethyl adjacent to an activating group) is 1. The van der Waals surface area contributed by atoms with Gasteiger partial charge in [-0.3, -0.25) is 4.79 Å². The maximum Gasteiger partial charge on any atom is 0.244 e. The molecule has 2 fully saturated rings. The largest absolute Gasteiger partial charge is 0.340 e. The van der Waals surface area contributed by atoms with Crippen LogP contribution in [-0.2, 0) is 14.8 Å². The van der Waals surface area contributed by atoms with Crippen LogP contribution in [0.5, 0.6) is 0 Å². The van der Waals surface area contributed by atoms with Crippen LogP contribution in [0.4, 0.5) is 0 Å². The van der Waals surface area contributed by atoms with E-state index in [1.54, 1.807) is 13.0 Å². The number of hydrogen-bond donors (Lipinski definition) is 0. The fourth-order valence-corrected chi connectivity index (χ4v) is 6.32. The number of carbonyl (C=O) groups is 1. The molecule has 4 rings (SSSR count). The normalized spacial score (nSPS) is 21.1. The zero-order valence-corrected chi connectivity index (χ0v) is 19.9. The summed E-state index contributed by atoms with van der Waals surface area (Å²) in [6.07, 6.45) is 1.32. The first-order chi connectivity index (χ1) is 15.3. The standard InChI is InChI=1S/C21H28ClN5O4S/c1-3-25-9-11-26(12-10-25)21(28)17-5-4-8-27(14-17)32(29,30)19-13-16(6-7-18(19)22)20-23-15(2)31-24-20/h6-7,13,17H,3-5,8-12,14H2,1-2H3/t17-/m1/s1. The molecule has 0 aliphatic carbocycles. The van der Waals surface area contributed by atoms with E-state index >= 15 is 0 Å². The van der Waals surface area contributed by atoms with Crippen LogP contribution in [0, 0.1) is 12.8 Å². The average Bonchev–Trinajstić information content (AvgIpc) is 3.25. The van der Waals surface area contributed by atoms with Gasteiger partial charge in [0, 0.05) is 51.8 Å². The summed E-state index contributed by atoms with van der Waals surface area (Å²) in [4.78, 5) is 21.4. The third-order valence-corrected chi connectivity index (χ3v) is 8.55. The van der Waals surface area contributed by atoms with Crippen LogP contribution >= 0.6 is 11.6 Å². The molecule has 11 heteroatoms. The molecule has 2 aliphatic heterocycles. The van der Waals surface area contributed by atoms with E-state index in [-0.39, 0.29) is 28.3 Å². The molecule has 3 heterocycles. The van der Waals surface area contributed by atoms with Gasteiger partial charge in [-0.05, 0) is 37.6 Å². The van der Waals surface area contributed by atoms with Crippen LogP contribution in [0.25, 0.3) is 11.4 Å². The fourth-order valence-electron chi connectivity index (χ4n) is 4.30. The highest BCUT2D eigenvalue weighted by Crippen LogP contribution is 2.32. The first kappa shape index (κ1) is 23.2. The van der Waals surface area contributed by atoms with Crippen LogP contribution in [0.2, 0.25) is 5.02 Å². The number of hydrogen-bond acceptors (Lipinski definition) is 7. The molecule has 0 bridgehead atoms. The van der Waals surface area contributed by atoms with Crippen molar-refractivity contribution in [3.8, 4) is 11.4 Å². The van der Waals surface area contributed by atoms with Crippen molar-refractivity contribution in [3.63, 3.8) is 0 Å². The van der Waals surface area contributed by atoms with Crippen molar-refractivity contribution < 1.29 is 17.7 Å². The lowest BCUT2D eigenvalue weighted by molar-refractivity contribution is -0.138. The quantitative estimate of drug-likeness (QED) is 0.645. The lowest BCUT2D eigenvalue weighted by atomic mass is 9.98. The summed E-state index contributed by atoms with van der Waals surface area (Å²) >= 11 is 6.29. The number of amides is 1. The molecule has 1 amide bonds. The molecule has 2 aliphatic rings. The second-order valence-corrected chi connectivity index (χ2v) is 10.6. The van der Waals surface area contributed by atoms with E-state index in [9.17, 15) is 13.2 Å². The van der Waals surface area contributed by atoms with Crippen molar-refractivity contribution in [1.82, 2.24) is 24.2 Å². The van der Waals surface area contributed by atoms with E-state index in [2.05, 4.69) is 22.0 Å². The molecule has 0 saturated carbocycles. The average molecular weight is 482 g/mol. The molecular formula is C21H28ClN5O4S. The summed E-state index contributed by atoms with van der Waals surface area (Å²) in [6.45, 7) is 8.36. The molecular weight excluding hydrogens is 454 g/mol. The Hall–Kier alpha value is -2.01. The molecule has 32 heavy (non-hydrogen) atoms. The zero-order valence-electron chi connectivity index (χ0n) is 18.3. The number of halogens is 1. The minimum Gasteiger partial charge on any atom is -0.340 e. The number of aromatic nitrogens is 2. The van der Waals surface area contributed by atoms with Gasteiger partial charge in [-0.2, -0.15) is 9.29 Å². The van der Waals surface area contributed by atoms with Gasteiger partial charge in [0.05, 0.1) is 10.9 Å². The summed E-state index contributed by atoms with van der Waals surface area (Å²) in [7, 11) is -3.89. The van der Waals surface area contributed by atoms with E-state index in [4.69, 9.17) is 16.1 Å². The Bertz CT molecular complexity index is 1080. The topological polar surface area (TPSA) is 99.8 Å². The van der Waals surface area contributed by atoms with Gasteiger partial charge in [-0.15, -0.1) is 0 Å². The van der Waals surface area contributed by atoms with Crippen LogP contribution in [0.15, 0.2) is 27.6 Å². The Balaban J connectivity index is 1.52. The van der Waals surface area contributed by atoms with Gasteiger partial charge in [0.1, 0.15) is 4.90 Å². The summed E-state index contributed by atoms with van der Waals surface area (Å²) < 4.78 is 33.3. The molecule has 174 valence electrons. The number of piperazine rings is 1. The Kier molecular flexibility index (Phi) is 6.85. The van der Waals surface area contributed by atoms with E-state index in [1.165, 1.54) is 16.4 Å². The molecule has 0 radical (unpaired) electrons. The highest BCUT2D eigenvalue weighted by molar-refractivity contribution is 7.89. The highest BCUT2D eigenvalue weighted by atomic mass is 35.5. The summed E-state index contributed by atoms with van der Waals surface area (Å²) in [6, 6.07) is 4.65. The number of aryl methyl sites for hydroxylation is 1. The Morgan fingerprint density at radius 3 is 2.62 bits per heavy atom. The van der Waals surface area contributed by atoms with Gasteiger partial charge in [-0.25, -0.2) is 8.42 Å². The van der Waals surface area contributed by atoms with E-state index in [0.717, 1.165) is 19.6 Å². The van der Waals surface area contributed by atoms with Crippen molar-refractivity contribution in [2.45, 2.75) is 31.6 Å². The zero-order chi connectivity index (χ0) is 22.9. The Morgan fingerprint density at radius 2 is 1.97 bits per heavy atom. The second kappa shape index (κ2) is 9.46. The predicted molar refractivity (Wildman–Crippen MR) is 120 cm³/mol. The monoisotopic (exact) mass is 481 g/mol. The molecule has 9 nitrogen and oxygen atoms in total. The van der Waals surface area contributed by atoms with E-state index in [0.29, 0.717) is 49.8 Å². The Morgan fingerprint density at radius 1 is 1.22 bits per heavy atom. The van der Waals surface area contributed by atoms with Gasteiger partial charge in [-0.1, -0.05) is 23.7 Å². The van der Waals surface area contributed by atoms with Gasteiger partial charge in [0.15, 0.2) is 0 Å². The number of sulfonamides is 1. The van der Waals surface area contributed by atoms with E-state index < -0.39 is 10.0 Å². The van der Waals surface area contributed by atoms with Crippen molar-refractivity contribution in [1.29, 1.82) is 0 Å². The van der Waals surface area contributed by atoms with Crippen molar-refractivity contribution >= 4 is 27.5 Å². The van der Waals surface area contributed by atoms with Crippen LogP contribution in [0.1, 0.15) is 25.7 Å². The maximum absolute atomic E-state index is 13.5. The van der Waals surface area contributed by atoms with Crippen molar-refractivity contribution in [3.05, 3.63) is 29.1 Å². The van der Waals surface area contributed by atoms with E-state index in [1.807, 2.05) is 4.90 Å². The van der Waals surface area contributed by atoms with Gasteiger partial charge < -0.3 is 14.3 Å². The molecule has 2 aromatic rings. The third-order valence-electron chi connectivity index (χ3n) is 6.20. The summed E-state index contributed by atoms with van der Waals surface area (Å²) in [5.74, 6) is 0.390. The lowest BCUT2D eigenvalue weighted by Gasteiger charge is -2.38.